The number of aryl methyl sites for hydroxylation is 2. The lowest BCUT2D eigenvalue weighted by atomic mass is 9.89. The molecule has 37 heavy (non-hydrogen) atoms. The molecule has 0 radical (unpaired) electrons. The molecular weight excluding hydrogens is 468 g/mol. The number of aliphatic hydroxyl groups excluding tert-OH is 1. The summed E-state index contributed by atoms with van der Waals surface area (Å²) in [7, 11) is 1.78. The van der Waals surface area contributed by atoms with Crippen LogP contribution in [0.1, 0.15) is 64.0 Å². The van der Waals surface area contributed by atoms with Gasteiger partial charge in [-0.05, 0) is 70.2 Å². The van der Waals surface area contributed by atoms with Crippen LogP contribution in [0.15, 0.2) is 35.3 Å². The van der Waals surface area contributed by atoms with Gasteiger partial charge in [0, 0.05) is 37.5 Å². The Balaban J connectivity index is 1.69. The lowest BCUT2D eigenvalue weighted by Gasteiger charge is -2.23. The third-order valence-corrected chi connectivity index (χ3v) is 7.21. The van der Waals surface area contributed by atoms with Gasteiger partial charge in [-0.1, -0.05) is 25.3 Å². The number of hydrogen-bond donors (Lipinski definition) is 2. The average molecular weight is 509 g/mol. The van der Waals surface area contributed by atoms with Crippen molar-refractivity contribution in [2.75, 3.05) is 0 Å². The van der Waals surface area contributed by atoms with Crippen LogP contribution in [0, 0.1) is 12.8 Å². The summed E-state index contributed by atoms with van der Waals surface area (Å²) in [5.74, 6) is 0.998. The number of nitrogens with zero attached hydrogens (tertiary/aromatic N) is 3. The number of esters is 1. The first-order valence-electron chi connectivity index (χ1n) is 13.4. The number of hydrogen-bond acceptors (Lipinski definition) is 6. The van der Waals surface area contributed by atoms with Crippen LogP contribution in [0.4, 0.5) is 0 Å². The molecule has 0 spiro atoms. The van der Waals surface area contributed by atoms with E-state index < -0.39 is 18.1 Å². The molecule has 4 rings (SSSR count). The number of rotatable bonds is 9. The average Bonchev–Trinajstić information content (AvgIpc) is 3.20. The number of aromatic nitrogens is 3. The van der Waals surface area contributed by atoms with E-state index in [9.17, 15) is 14.7 Å². The number of ether oxygens (including phenoxy) is 1. The predicted octanol–water partition coefficient (Wildman–Crippen LogP) is 4.08. The Kier molecular flexibility index (Phi) is 8.49. The Bertz CT molecular complexity index is 1270. The molecule has 1 aliphatic carbocycles. The van der Waals surface area contributed by atoms with Crippen molar-refractivity contribution in [3.63, 3.8) is 0 Å². The second kappa shape index (κ2) is 11.6. The second-order valence-corrected chi connectivity index (χ2v) is 10.8. The van der Waals surface area contributed by atoms with E-state index >= 15 is 0 Å². The highest BCUT2D eigenvalue weighted by Crippen LogP contribution is 2.31. The maximum absolute atomic E-state index is 12.5. The standard InChI is InChI=1S/C29H40N4O4/c1-18(2)37-29(36)26(20(4)34)30-15-22-11-12-24-25(14-22)33(16-21-9-7-6-8-10-21)27(31-24)23-13-19(3)28(35)32(5)17-23/h11-14,17-18,20-21,26,30,34H,6-10,15-16H2,1-5H3/t20-,26+/m1/s1. The number of carbonyl (C=O) groups is 1. The van der Waals surface area contributed by atoms with Gasteiger partial charge in [0.05, 0.1) is 23.2 Å². The van der Waals surface area contributed by atoms with Gasteiger partial charge in [0.2, 0.25) is 0 Å². The summed E-state index contributed by atoms with van der Waals surface area (Å²) in [5, 5.41) is 13.3. The molecule has 1 aromatic carbocycles. The summed E-state index contributed by atoms with van der Waals surface area (Å²) in [5.41, 5.74) is 4.53. The Hall–Kier alpha value is -2.97. The van der Waals surface area contributed by atoms with Crippen molar-refractivity contribution in [1.29, 1.82) is 0 Å². The van der Waals surface area contributed by atoms with E-state index in [1.165, 1.54) is 32.1 Å². The van der Waals surface area contributed by atoms with Gasteiger partial charge in [-0.25, -0.2) is 4.98 Å². The topological polar surface area (TPSA) is 98.4 Å². The van der Waals surface area contributed by atoms with E-state index in [1.807, 2.05) is 31.3 Å². The van der Waals surface area contributed by atoms with Gasteiger partial charge < -0.3 is 19.0 Å². The quantitative estimate of drug-likeness (QED) is 0.423. The van der Waals surface area contributed by atoms with Gasteiger partial charge >= 0.3 is 5.97 Å². The zero-order chi connectivity index (χ0) is 26.7. The Morgan fingerprint density at radius 1 is 1.19 bits per heavy atom. The predicted molar refractivity (Wildman–Crippen MR) is 145 cm³/mol. The zero-order valence-corrected chi connectivity index (χ0v) is 22.7. The van der Waals surface area contributed by atoms with Crippen molar-refractivity contribution < 1.29 is 14.6 Å². The molecule has 8 nitrogen and oxygen atoms in total. The van der Waals surface area contributed by atoms with Crippen molar-refractivity contribution in [2.45, 2.75) is 91.1 Å². The minimum absolute atomic E-state index is 0.00397. The van der Waals surface area contributed by atoms with E-state index in [0.29, 0.717) is 18.0 Å². The number of fused-ring (bicyclic) bond motifs is 1. The summed E-state index contributed by atoms with van der Waals surface area (Å²) >= 11 is 0. The molecule has 0 amide bonds. The number of benzene rings is 1. The maximum atomic E-state index is 12.5. The fourth-order valence-corrected chi connectivity index (χ4v) is 5.30. The minimum Gasteiger partial charge on any atom is -0.462 e. The van der Waals surface area contributed by atoms with Gasteiger partial charge in [0.25, 0.3) is 5.56 Å². The molecule has 2 heterocycles. The fraction of sp³-hybridized carbons (Fsp3) is 0.552. The van der Waals surface area contributed by atoms with Gasteiger partial charge in [-0.15, -0.1) is 0 Å². The number of nitrogens with one attached hydrogen (secondary N) is 1. The molecule has 0 saturated heterocycles. The first kappa shape index (κ1) is 27.1. The molecule has 2 N–H and O–H groups in total. The highest BCUT2D eigenvalue weighted by Gasteiger charge is 2.26. The number of pyridine rings is 1. The summed E-state index contributed by atoms with van der Waals surface area (Å²) in [6, 6.07) is 7.23. The molecule has 0 aliphatic heterocycles. The normalized spacial score (nSPS) is 16.3. The van der Waals surface area contributed by atoms with Crippen LogP contribution in [0.3, 0.4) is 0 Å². The third-order valence-electron chi connectivity index (χ3n) is 7.21. The Morgan fingerprint density at radius 2 is 1.92 bits per heavy atom. The molecule has 2 atom stereocenters. The SMILES string of the molecule is Cc1cc(-c2nc3ccc(CN[C@H](C(=O)OC(C)C)[C@@H](C)O)cc3n2CC2CCCCC2)cn(C)c1=O. The largest absolute Gasteiger partial charge is 0.462 e. The molecule has 1 aliphatic rings. The van der Waals surface area contributed by atoms with E-state index in [4.69, 9.17) is 9.72 Å². The second-order valence-electron chi connectivity index (χ2n) is 10.8. The first-order valence-corrected chi connectivity index (χ1v) is 13.4. The van der Waals surface area contributed by atoms with Crippen molar-refractivity contribution in [3.05, 3.63) is 51.9 Å². The summed E-state index contributed by atoms with van der Waals surface area (Å²) < 4.78 is 9.24. The minimum atomic E-state index is -0.883. The zero-order valence-electron chi connectivity index (χ0n) is 22.7. The molecule has 3 aromatic rings. The number of carbonyl (C=O) groups excluding carboxylic acids is 1. The van der Waals surface area contributed by atoms with Gasteiger partial charge in [0.15, 0.2) is 0 Å². The highest BCUT2D eigenvalue weighted by atomic mass is 16.5. The fourth-order valence-electron chi connectivity index (χ4n) is 5.30. The molecule has 2 aromatic heterocycles. The molecule has 0 bridgehead atoms. The van der Waals surface area contributed by atoms with Crippen molar-refractivity contribution in [2.24, 2.45) is 13.0 Å². The molecule has 1 saturated carbocycles. The van der Waals surface area contributed by atoms with Crippen molar-refractivity contribution >= 4 is 17.0 Å². The van der Waals surface area contributed by atoms with Crippen LogP contribution in [0.5, 0.6) is 0 Å². The van der Waals surface area contributed by atoms with Crippen LogP contribution in [-0.4, -0.2) is 43.4 Å². The monoisotopic (exact) mass is 508 g/mol. The molecular formula is C29H40N4O4. The molecule has 0 unspecified atom stereocenters. The smallest absolute Gasteiger partial charge is 0.326 e. The first-order chi connectivity index (χ1) is 17.6. The van der Waals surface area contributed by atoms with E-state index in [-0.39, 0.29) is 11.7 Å². The van der Waals surface area contributed by atoms with Gasteiger partial charge in [0.1, 0.15) is 11.9 Å². The van der Waals surface area contributed by atoms with Crippen LogP contribution < -0.4 is 10.9 Å². The Morgan fingerprint density at radius 3 is 2.57 bits per heavy atom. The third kappa shape index (κ3) is 6.30. The van der Waals surface area contributed by atoms with E-state index in [0.717, 1.165) is 34.5 Å². The Labute approximate surface area is 218 Å². The van der Waals surface area contributed by atoms with Gasteiger partial charge in [-0.2, -0.15) is 0 Å². The number of aliphatic hydroxyl groups is 1. The molecule has 8 heteroatoms. The van der Waals surface area contributed by atoms with Crippen LogP contribution in [0.2, 0.25) is 0 Å². The molecule has 1 fully saturated rings. The lowest BCUT2D eigenvalue weighted by Crippen LogP contribution is -2.46. The molecule has 200 valence electrons. The lowest BCUT2D eigenvalue weighted by molar-refractivity contribution is -0.152. The van der Waals surface area contributed by atoms with Crippen LogP contribution in [-0.2, 0) is 29.7 Å². The van der Waals surface area contributed by atoms with Crippen molar-refractivity contribution in [3.8, 4) is 11.4 Å². The van der Waals surface area contributed by atoms with Gasteiger partial charge in [-0.3, -0.25) is 14.9 Å². The van der Waals surface area contributed by atoms with Crippen LogP contribution in [0.25, 0.3) is 22.4 Å². The summed E-state index contributed by atoms with van der Waals surface area (Å²) in [4.78, 5) is 29.8. The number of imidazole rings is 1. The maximum Gasteiger partial charge on any atom is 0.326 e. The van der Waals surface area contributed by atoms with E-state index in [2.05, 4.69) is 16.0 Å². The summed E-state index contributed by atoms with van der Waals surface area (Å²) in [6.45, 7) is 8.29. The highest BCUT2D eigenvalue weighted by molar-refractivity contribution is 5.81. The van der Waals surface area contributed by atoms with Crippen LogP contribution >= 0.6 is 0 Å². The van der Waals surface area contributed by atoms with Crippen molar-refractivity contribution in [1.82, 2.24) is 19.4 Å². The summed E-state index contributed by atoms with van der Waals surface area (Å²) in [6.07, 6.45) is 6.97. The van der Waals surface area contributed by atoms with E-state index in [1.54, 1.807) is 32.4 Å².